The quantitative estimate of drug-likeness (QED) is 0.861. The number of esters is 1. The highest BCUT2D eigenvalue weighted by molar-refractivity contribution is 7.17. The molecule has 0 radical (unpaired) electrons. The van der Waals surface area contributed by atoms with Gasteiger partial charge in [-0.1, -0.05) is 0 Å². The fourth-order valence-corrected chi connectivity index (χ4v) is 4.62. The molecule has 2 aliphatic carbocycles. The van der Waals surface area contributed by atoms with Gasteiger partial charge in [0, 0.05) is 18.2 Å². The van der Waals surface area contributed by atoms with Gasteiger partial charge in [-0.2, -0.15) is 0 Å². The summed E-state index contributed by atoms with van der Waals surface area (Å²) >= 11 is 1.46. The summed E-state index contributed by atoms with van der Waals surface area (Å²) in [5, 5.41) is 3.32. The van der Waals surface area contributed by atoms with Crippen molar-refractivity contribution in [1.29, 1.82) is 0 Å². The van der Waals surface area contributed by atoms with Gasteiger partial charge >= 0.3 is 5.97 Å². The van der Waals surface area contributed by atoms with Crippen molar-refractivity contribution in [3.8, 4) is 0 Å². The minimum absolute atomic E-state index is 0.00905. The van der Waals surface area contributed by atoms with Crippen molar-refractivity contribution in [3.63, 3.8) is 0 Å². The Morgan fingerprint density at radius 2 is 1.87 bits per heavy atom. The molecule has 1 fully saturated rings. The van der Waals surface area contributed by atoms with E-state index in [1.807, 2.05) is 0 Å². The predicted molar refractivity (Wildman–Crippen MR) is 87.9 cm³/mol. The SMILES string of the molecule is CC(=O)Nc1sc2c(c1C(=O)OC1CCCCC1=O)CCCC2. The van der Waals surface area contributed by atoms with Crippen LogP contribution in [-0.2, 0) is 27.2 Å². The van der Waals surface area contributed by atoms with Crippen LogP contribution in [0.5, 0.6) is 0 Å². The normalized spacial score (nSPS) is 20.7. The number of hydrogen-bond donors (Lipinski definition) is 1. The summed E-state index contributed by atoms with van der Waals surface area (Å²) in [4.78, 5) is 37.2. The summed E-state index contributed by atoms with van der Waals surface area (Å²) in [7, 11) is 0. The summed E-state index contributed by atoms with van der Waals surface area (Å²) in [5.74, 6) is -0.658. The molecule has 1 heterocycles. The number of aryl methyl sites for hydroxylation is 1. The van der Waals surface area contributed by atoms with Crippen LogP contribution in [0.3, 0.4) is 0 Å². The highest BCUT2D eigenvalue weighted by Crippen LogP contribution is 2.39. The fraction of sp³-hybridized carbons (Fsp3) is 0.588. The topological polar surface area (TPSA) is 72.5 Å². The lowest BCUT2D eigenvalue weighted by molar-refractivity contribution is -0.130. The van der Waals surface area contributed by atoms with E-state index in [9.17, 15) is 14.4 Å². The number of hydrogen-bond acceptors (Lipinski definition) is 5. The van der Waals surface area contributed by atoms with Crippen molar-refractivity contribution in [3.05, 3.63) is 16.0 Å². The van der Waals surface area contributed by atoms with Crippen molar-refractivity contribution in [2.24, 2.45) is 0 Å². The Labute approximate surface area is 139 Å². The number of Topliss-reactive ketones (excluding diaryl/α,β-unsaturated/α-hetero) is 1. The van der Waals surface area contributed by atoms with Crippen LogP contribution in [0.25, 0.3) is 0 Å². The molecule has 23 heavy (non-hydrogen) atoms. The van der Waals surface area contributed by atoms with Gasteiger partial charge in [-0.05, 0) is 50.5 Å². The molecular formula is C17H21NO4S. The standard InChI is InChI=1S/C17H21NO4S/c1-10(19)18-16-15(11-6-2-5-9-14(11)23-16)17(21)22-13-8-4-3-7-12(13)20/h13H,2-9H2,1H3,(H,18,19). The molecule has 0 bridgehead atoms. The first kappa shape index (κ1) is 16.2. The van der Waals surface area contributed by atoms with Gasteiger partial charge in [0.15, 0.2) is 11.9 Å². The van der Waals surface area contributed by atoms with Crippen LogP contribution in [0, 0.1) is 0 Å². The van der Waals surface area contributed by atoms with E-state index in [0.717, 1.165) is 49.0 Å². The van der Waals surface area contributed by atoms with E-state index in [1.165, 1.54) is 18.3 Å². The van der Waals surface area contributed by atoms with Crippen LogP contribution in [0.4, 0.5) is 5.00 Å². The number of carbonyl (C=O) groups excluding carboxylic acids is 3. The van der Waals surface area contributed by atoms with Gasteiger partial charge in [0.2, 0.25) is 5.91 Å². The molecule has 1 amide bonds. The van der Waals surface area contributed by atoms with E-state index in [4.69, 9.17) is 4.74 Å². The van der Waals surface area contributed by atoms with Crippen LogP contribution in [-0.4, -0.2) is 23.8 Å². The summed E-state index contributed by atoms with van der Waals surface area (Å²) in [5.41, 5.74) is 1.47. The Morgan fingerprint density at radius 3 is 2.61 bits per heavy atom. The van der Waals surface area contributed by atoms with Gasteiger partial charge in [-0.15, -0.1) is 11.3 Å². The van der Waals surface area contributed by atoms with E-state index in [-0.39, 0.29) is 11.7 Å². The first-order valence-corrected chi connectivity index (χ1v) is 9.03. The number of amides is 1. The smallest absolute Gasteiger partial charge is 0.342 e. The number of ketones is 1. The number of anilines is 1. The lowest BCUT2D eigenvalue weighted by atomic mass is 9.94. The first-order valence-electron chi connectivity index (χ1n) is 8.22. The van der Waals surface area contributed by atoms with E-state index >= 15 is 0 Å². The fourth-order valence-electron chi connectivity index (χ4n) is 3.29. The molecule has 6 heteroatoms. The Bertz CT molecular complexity index is 649. The Kier molecular flexibility index (Phi) is 4.80. The zero-order valence-corrected chi connectivity index (χ0v) is 14.1. The zero-order valence-electron chi connectivity index (χ0n) is 13.3. The van der Waals surface area contributed by atoms with Gasteiger partial charge < -0.3 is 10.1 Å². The first-order chi connectivity index (χ1) is 11.1. The third-order valence-corrected chi connectivity index (χ3v) is 5.62. The highest BCUT2D eigenvalue weighted by atomic mass is 32.1. The Hall–Kier alpha value is -1.69. The Balaban J connectivity index is 1.87. The third-order valence-electron chi connectivity index (χ3n) is 4.41. The second-order valence-electron chi connectivity index (χ2n) is 6.20. The predicted octanol–water partition coefficient (Wildman–Crippen LogP) is 3.25. The number of fused-ring (bicyclic) bond motifs is 1. The van der Waals surface area contributed by atoms with E-state index < -0.39 is 12.1 Å². The summed E-state index contributed by atoms with van der Waals surface area (Å²) < 4.78 is 5.50. The second-order valence-corrected chi connectivity index (χ2v) is 7.31. The number of ether oxygens (including phenoxy) is 1. The van der Waals surface area contributed by atoms with Crippen LogP contribution >= 0.6 is 11.3 Å². The lowest BCUT2D eigenvalue weighted by Gasteiger charge is -2.21. The number of carbonyl (C=O) groups is 3. The number of nitrogens with one attached hydrogen (secondary N) is 1. The minimum Gasteiger partial charge on any atom is -0.451 e. The highest BCUT2D eigenvalue weighted by Gasteiger charge is 2.31. The van der Waals surface area contributed by atoms with Crippen LogP contribution in [0.15, 0.2) is 0 Å². The molecular weight excluding hydrogens is 314 g/mol. The molecule has 0 aliphatic heterocycles. The molecule has 1 N–H and O–H groups in total. The van der Waals surface area contributed by atoms with Crippen molar-refractivity contribution in [2.75, 3.05) is 5.32 Å². The van der Waals surface area contributed by atoms with Gasteiger partial charge in [0.25, 0.3) is 0 Å². The average Bonchev–Trinajstić information content (AvgIpc) is 2.86. The van der Waals surface area contributed by atoms with E-state index in [1.54, 1.807) is 0 Å². The van der Waals surface area contributed by atoms with Crippen LogP contribution in [0.2, 0.25) is 0 Å². The van der Waals surface area contributed by atoms with Crippen molar-refractivity contribution in [2.45, 2.75) is 64.4 Å². The molecule has 1 atom stereocenters. The van der Waals surface area contributed by atoms with Crippen molar-refractivity contribution in [1.82, 2.24) is 0 Å². The molecule has 3 rings (SSSR count). The third kappa shape index (κ3) is 3.47. The maximum atomic E-state index is 12.7. The van der Waals surface area contributed by atoms with Crippen LogP contribution in [0.1, 0.15) is 66.2 Å². The molecule has 1 aromatic rings. The molecule has 1 aromatic heterocycles. The largest absolute Gasteiger partial charge is 0.451 e. The van der Waals surface area contributed by atoms with Crippen molar-refractivity contribution < 1.29 is 19.1 Å². The monoisotopic (exact) mass is 335 g/mol. The molecule has 2 aliphatic rings. The molecule has 1 unspecified atom stereocenters. The molecule has 124 valence electrons. The minimum atomic E-state index is -0.624. The molecule has 0 saturated heterocycles. The van der Waals surface area contributed by atoms with Gasteiger partial charge in [-0.3, -0.25) is 9.59 Å². The second kappa shape index (κ2) is 6.83. The molecule has 1 saturated carbocycles. The van der Waals surface area contributed by atoms with Crippen molar-refractivity contribution >= 4 is 34.0 Å². The molecule has 5 nitrogen and oxygen atoms in total. The summed E-state index contributed by atoms with van der Waals surface area (Å²) in [6.07, 6.45) is 6.14. The molecule has 0 spiro atoms. The van der Waals surface area contributed by atoms with Gasteiger partial charge in [0.05, 0.1) is 5.56 Å². The summed E-state index contributed by atoms with van der Waals surface area (Å²) in [6, 6.07) is 0. The van der Waals surface area contributed by atoms with E-state index in [2.05, 4.69) is 5.32 Å². The maximum absolute atomic E-state index is 12.7. The van der Waals surface area contributed by atoms with Gasteiger partial charge in [-0.25, -0.2) is 4.79 Å². The van der Waals surface area contributed by atoms with Gasteiger partial charge in [0.1, 0.15) is 5.00 Å². The number of thiophene rings is 1. The zero-order chi connectivity index (χ0) is 16.4. The lowest BCUT2D eigenvalue weighted by Crippen LogP contribution is -2.30. The Morgan fingerprint density at radius 1 is 1.13 bits per heavy atom. The van der Waals surface area contributed by atoms with E-state index in [0.29, 0.717) is 23.4 Å². The average molecular weight is 335 g/mol. The number of rotatable bonds is 3. The maximum Gasteiger partial charge on any atom is 0.342 e. The molecule has 0 aromatic carbocycles. The summed E-state index contributed by atoms with van der Waals surface area (Å²) in [6.45, 7) is 1.43. The van der Waals surface area contributed by atoms with Crippen LogP contribution < -0.4 is 5.32 Å².